The van der Waals surface area contributed by atoms with Crippen LogP contribution in [0.2, 0.25) is 0 Å². The number of carbonyl (C=O) groups excluding carboxylic acids is 1. The van der Waals surface area contributed by atoms with E-state index in [9.17, 15) is 4.79 Å². The van der Waals surface area contributed by atoms with E-state index < -0.39 is 0 Å². The van der Waals surface area contributed by atoms with Gasteiger partial charge in [0.2, 0.25) is 0 Å². The minimum Gasteiger partial charge on any atom is -0.388 e. The summed E-state index contributed by atoms with van der Waals surface area (Å²) in [6.45, 7) is 4.57. The lowest BCUT2D eigenvalue weighted by Crippen LogP contribution is -2.40. The topological polar surface area (TPSA) is 41.1 Å². The summed E-state index contributed by atoms with van der Waals surface area (Å²) in [6.07, 6.45) is 4.64. The zero-order chi connectivity index (χ0) is 13.9. The molecule has 0 radical (unpaired) electrons. The van der Waals surface area contributed by atoms with Crippen molar-refractivity contribution in [1.29, 1.82) is 0 Å². The third-order valence-corrected chi connectivity index (χ3v) is 3.98. The molecule has 1 aliphatic rings. The van der Waals surface area contributed by atoms with Crippen molar-refractivity contribution in [1.82, 2.24) is 5.32 Å². The van der Waals surface area contributed by atoms with Crippen molar-refractivity contribution in [3.63, 3.8) is 0 Å². The maximum absolute atomic E-state index is 12.2. The minimum atomic E-state index is 0.0466. The quantitative estimate of drug-likeness (QED) is 0.874. The molecule has 104 valence electrons. The Labute approximate surface area is 115 Å². The molecule has 2 rings (SSSR count). The molecule has 3 heteroatoms. The van der Waals surface area contributed by atoms with Gasteiger partial charge in [-0.15, -0.1) is 0 Å². The number of anilines is 1. The van der Waals surface area contributed by atoms with Gasteiger partial charge >= 0.3 is 0 Å². The van der Waals surface area contributed by atoms with Gasteiger partial charge in [-0.2, -0.15) is 0 Å². The number of carbonyl (C=O) groups is 1. The zero-order valence-corrected chi connectivity index (χ0v) is 12.1. The Morgan fingerprint density at radius 3 is 2.53 bits per heavy atom. The molecule has 1 amide bonds. The molecule has 0 aromatic heterocycles. The summed E-state index contributed by atoms with van der Waals surface area (Å²) >= 11 is 0. The van der Waals surface area contributed by atoms with E-state index in [1.807, 2.05) is 31.3 Å². The van der Waals surface area contributed by atoms with Gasteiger partial charge in [0, 0.05) is 24.3 Å². The smallest absolute Gasteiger partial charge is 0.251 e. The third-order valence-electron chi connectivity index (χ3n) is 3.98. The Morgan fingerprint density at radius 2 is 1.95 bits per heavy atom. The van der Waals surface area contributed by atoms with Crippen LogP contribution in [0.4, 0.5) is 5.69 Å². The number of benzene rings is 1. The molecule has 0 bridgehead atoms. The predicted molar refractivity (Wildman–Crippen MR) is 79.5 cm³/mol. The lowest BCUT2D eigenvalue weighted by atomic mass is 9.75. The van der Waals surface area contributed by atoms with Gasteiger partial charge in [-0.05, 0) is 48.9 Å². The third kappa shape index (κ3) is 3.72. The second-order valence-electron chi connectivity index (χ2n) is 6.26. The summed E-state index contributed by atoms with van der Waals surface area (Å²) in [4.78, 5) is 12.2. The van der Waals surface area contributed by atoms with Crippen molar-refractivity contribution in [2.45, 2.75) is 45.6 Å². The van der Waals surface area contributed by atoms with Gasteiger partial charge in [-0.3, -0.25) is 4.79 Å². The molecule has 1 aromatic carbocycles. The Kier molecular flexibility index (Phi) is 4.13. The molecule has 1 unspecified atom stereocenters. The average molecular weight is 260 g/mol. The van der Waals surface area contributed by atoms with Gasteiger partial charge in [-0.1, -0.05) is 20.3 Å². The lowest BCUT2D eigenvalue weighted by Gasteiger charge is -2.35. The fourth-order valence-electron chi connectivity index (χ4n) is 2.88. The van der Waals surface area contributed by atoms with E-state index in [0.717, 1.165) is 24.1 Å². The maximum atomic E-state index is 12.2. The van der Waals surface area contributed by atoms with Crippen LogP contribution >= 0.6 is 0 Å². The molecule has 0 saturated heterocycles. The van der Waals surface area contributed by atoms with Gasteiger partial charge in [0.15, 0.2) is 0 Å². The monoisotopic (exact) mass is 260 g/mol. The van der Waals surface area contributed by atoms with Crippen LogP contribution in [0.1, 0.15) is 49.9 Å². The highest BCUT2D eigenvalue weighted by Gasteiger charge is 2.28. The number of rotatable bonds is 3. The van der Waals surface area contributed by atoms with E-state index >= 15 is 0 Å². The highest BCUT2D eigenvalue weighted by atomic mass is 16.1. The number of hydrogen-bond donors (Lipinski definition) is 2. The summed E-state index contributed by atoms with van der Waals surface area (Å²) in [5.74, 6) is 0.0466. The summed E-state index contributed by atoms with van der Waals surface area (Å²) < 4.78 is 0. The summed E-state index contributed by atoms with van der Waals surface area (Å²) in [7, 11) is 1.87. The molecule has 1 fully saturated rings. The lowest BCUT2D eigenvalue weighted by molar-refractivity contribution is 0.0902. The van der Waals surface area contributed by atoms with Crippen molar-refractivity contribution in [2.75, 3.05) is 12.4 Å². The van der Waals surface area contributed by atoms with Gasteiger partial charge in [-0.25, -0.2) is 0 Å². The van der Waals surface area contributed by atoms with Gasteiger partial charge < -0.3 is 10.6 Å². The van der Waals surface area contributed by atoms with Crippen LogP contribution in [0.3, 0.4) is 0 Å². The first-order valence-corrected chi connectivity index (χ1v) is 7.09. The van der Waals surface area contributed by atoms with Crippen LogP contribution in [0.5, 0.6) is 0 Å². The van der Waals surface area contributed by atoms with Crippen molar-refractivity contribution < 1.29 is 4.79 Å². The predicted octanol–water partition coefficient (Wildman–Crippen LogP) is 3.43. The van der Waals surface area contributed by atoms with Crippen LogP contribution in [0, 0.1) is 5.41 Å². The van der Waals surface area contributed by atoms with Crippen molar-refractivity contribution in [3.05, 3.63) is 29.8 Å². The molecule has 1 aromatic rings. The molecule has 1 saturated carbocycles. The summed E-state index contributed by atoms with van der Waals surface area (Å²) in [5.41, 5.74) is 2.12. The molecule has 1 atom stereocenters. The molecule has 3 nitrogen and oxygen atoms in total. The van der Waals surface area contributed by atoms with E-state index in [0.29, 0.717) is 11.5 Å². The summed E-state index contributed by atoms with van der Waals surface area (Å²) in [6, 6.07) is 7.92. The van der Waals surface area contributed by atoms with Crippen molar-refractivity contribution in [3.8, 4) is 0 Å². The van der Waals surface area contributed by atoms with Gasteiger partial charge in [0.05, 0.1) is 0 Å². The van der Waals surface area contributed by atoms with Crippen molar-refractivity contribution >= 4 is 11.6 Å². The Bertz CT molecular complexity index is 437. The van der Waals surface area contributed by atoms with Gasteiger partial charge in [0.1, 0.15) is 0 Å². The first-order valence-electron chi connectivity index (χ1n) is 7.09. The molecular weight excluding hydrogens is 236 g/mol. The molecule has 0 heterocycles. The van der Waals surface area contributed by atoms with Crippen LogP contribution in [0.25, 0.3) is 0 Å². The van der Waals surface area contributed by atoms with Gasteiger partial charge in [0.25, 0.3) is 5.91 Å². The molecule has 0 spiro atoms. The second kappa shape index (κ2) is 5.64. The van der Waals surface area contributed by atoms with E-state index in [2.05, 4.69) is 24.5 Å². The fraction of sp³-hybridized carbons (Fsp3) is 0.562. The van der Waals surface area contributed by atoms with E-state index in [-0.39, 0.29) is 5.91 Å². The van der Waals surface area contributed by atoms with Crippen LogP contribution < -0.4 is 10.6 Å². The molecular formula is C16H24N2O. The zero-order valence-electron chi connectivity index (χ0n) is 12.1. The standard InChI is InChI=1S/C16H24N2O/c1-16(2)10-4-5-14(11-16)18-15(19)12-6-8-13(17-3)9-7-12/h6-9,14,17H,4-5,10-11H2,1-3H3,(H,18,19). The molecule has 19 heavy (non-hydrogen) atoms. The number of amides is 1. The van der Waals surface area contributed by atoms with Crippen LogP contribution in [-0.2, 0) is 0 Å². The molecule has 2 N–H and O–H groups in total. The number of nitrogens with one attached hydrogen (secondary N) is 2. The Morgan fingerprint density at radius 1 is 1.26 bits per heavy atom. The SMILES string of the molecule is CNc1ccc(C(=O)NC2CCCC(C)(C)C2)cc1. The van der Waals surface area contributed by atoms with Crippen LogP contribution in [-0.4, -0.2) is 19.0 Å². The van der Waals surface area contributed by atoms with E-state index in [1.165, 1.54) is 12.8 Å². The Hall–Kier alpha value is -1.51. The fourth-order valence-corrected chi connectivity index (χ4v) is 2.88. The largest absolute Gasteiger partial charge is 0.388 e. The average Bonchev–Trinajstić information content (AvgIpc) is 2.37. The normalized spacial score (nSPS) is 21.7. The maximum Gasteiger partial charge on any atom is 0.251 e. The summed E-state index contributed by atoms with van der Waals surface area (Å²) in [5, 5.41) is 6.22. The Balaban J connectivity index is 1.96. The highest BCUT2D eigenvalue weighted by Crippen LogP contribution is 2.35. The van der Waals surface area contributed by atoms with E-state index in [4.69, 9.17) is 0 Å². The van der Waals surface area contributed by atoms with Crippen LogP contribution in [0.15, 0.2) is 24.3 Å². The second-order valence-corrected chi connectivity index (χ2v) is 6.26. The van der Waals surface area contributed by atoms with Crippen molar-refractivity contribution in [2.24, 2.45) is 5.41 Å². The first-order chi connectivity index (χ1) is 9.00. The molecule has 0 aliphatic heterocycles. The minimum absolute atomic E-state index is 0.0466. The highest BCUT2D eigenvalue weighted by molar-refractivity contribution is 5.94. The van der Waals surface area contributed by atoms with E-state index in [1.54, 1.807) is 0 Å². The number of hydrogen-bond acceptors (Lipinski definition) is 2. The molecule has 1 aliphatic carbocycles. The first kappa shape index (κ1) is 13.9.